The zero-order chi connectivity index (χ0) is 20.4. The van der Waals surface area contributed by atoms with Gasteiger partial charge in [0, 0.05) is 24.7 Å². The maximum atomic E-state index is 5.55. The Bertz CT molecular complexity index is 1030. The molecule has 1 aliphatic heterocycles. The number of rotatable bonds is 7. The molecule has 0 aliphatic carbocycles. The Balaban J connectivity index is 1.56. The second kappa shape index (κ2) is 7.83. The van der Waals surface area contributed by atoms with Crippen LogP contribution < -0.4 is 29.0 Å². The summed E-state index contributed by atoms with van der Waals surface area (Å²) in [6.07, 6.45) is 1.83. The first-order valence-corrected chi connectivity index (χ1v) is 9.09. The zero-order valence-electron chi connectivity index (χ0n) is 16.8. The van der Waals surface area contributed by atoms with Crippen molar-refractivity contribution in [2.45, 2.75) is 6.54 Å². The lowest BCUT2D eigenvalue weighted by atomic mass is 10.1. The smallest absolute Gasteiger partial charge is 0.231 e. The second-order valence-electron chi connectivity index (χ2n) is 6.44. The number of nitrogens with zero attached hydrogens (tertiary/aromatic N) is 2. The van der Waals surface area contributed by atoms with E-state index >= 15 is 0 Å². The first-order valence-electron chi connectivity index (χ1n) is 9.09. The van der Waals surface area contributed by atoms with Gasteiger partial charge in [0.1, 0.15) is 0 Å². The number of methoxy groups -OCH3 is 3. The van der Waals surface area contributed by atoms with Crippen LogP contribution in [0.25, 0.3) is 11.3 Å². The van der Waals surface area contributed by atoms with Crippen LogP contribution in [0.15, 0.2) is 36.5 Å². The van der Waals surface area contributed by atoms with Crippen molar-refractivity contribution >= 4 is 5.95 Å². The van der Waals surface area contributed by atoms with E-state index in [-0.39, 0.29) is 6.79 Å². The van der Waals surface area contributed by atoms with Gasteiger partial charge in [-0.1, -0.05) is 0 Å². The Kier molecular flexibility index (Phi) is 5.07. The van der Waals surface area contributed by atoms with Gasteiger partial charge in [0.2, 0.25) is 18.5 Å². The molecule has 1 aliphatic rings. The molecule has 0 amide bonds. The quantitative estimate of drug-likeness (QED) is 0.654. The lowest BCUT2D eigenvalue weighted by Gasteiger charge is -2.16. The maximum absolute atomic E-state index is 5.55. The van der Waals surface area contributed by atoms with Crippen molar-refractivity contribution in [1.29, 1.82) is 0 Å². The van der Waals surface area contributed by atoms with Gasteiger partial charge in [0.15, 0.2) is 23.0 Å². The molecule has 0 saturated carbocycles. The van der Waals surface area contributed by atoms with Gasteiger partial charge in [-0.2, -0.15) is 0 Å². The topological polar surface area (TPSA) is 76.0 Å². The molecule has 2 heterocycles. The first kappa shape index (κ1) is 18.8. The van der Waals surface area contributed by atoms with Crippen molar-refractivity contribution in [3.63, 3.8) is 0 Å². The number of imidazole rings is 1. The molecule has 0 spiro atoms. The van der Waals surface area contributed by atoms with Gasteiger partial charge in [-0.15, -0.1) is 0 Å². The summed E-state index contributed by atoms with van der Waals surface area (Å²) in [4.78, 5) is 4.52. The molecule has 29 heavy (non-hydrogen) atoms. The Hall–Kier alpha value is -3.55. The Morgan fingerprint density at radius 2 is 1.79 bits per heavy atom. The molecule has 0 fully saturated rings. The molecule has 8 heteroatoms. The van der Waals surface area contributed by atoms with Gasteiger partial charge < -0.3 is 33.6 Å². The molecule has 8 nitrogen and oxygen atoms in total. The Morgan fingerprint density at radius 1 is 1.00 bits per heavy atom. The number of aromatic nitrogens is 2. The molecule has 4 rings (SSSR count). The number of benzene rings is 2. The van der Waals surface area contributed by atoms with Crippen LogP contribution in [0.2, 0.25) is 0 Å². The van der Waals surface area contributed by atoms with E-state index in [1.54, 1.807) is 21.3 Å². The van der Waals surface area contributed by atoms with E-state index in [4.69, 9.17) is 23.7 Å². The van der Waals surface area contributed by atoms with Crippen LogP contribution in [0.5, 0.6) is 28.7 Å². The average molecular weight is 397 g/mol. The summed E-state index contributed by atoms with van der Waals surface area (Å²) >= 11 is 0. The normalized spacial score (nSPS) is 12.0. The number of anilines is 1. The lowest BCUT2D eigenvalue weighted by molar-refractivity contribution is 0.174. The van der Waals surface area contributed by atoms with Crippen molar-refractivity contribution < 1.29 is 23.7 Å². The van der Waals surface area contributed by atoms with Crippen LogP contribution in [0.4, 0.5) is 5.95 Å². The van der Waals surface area contributed by atoms with Gasteiger partial charge in [-0.05, 0) is 30.3 Å². The third-order valence-electron chi connectivity index (χ3n) is 4.88. The number of ether oxygens (including phenoxy) is 5. The Labute approximate surface area is 168 Å². The summed E-state index contributed by atoms with van der Waals surface area (Å²) < 4.78 is 29.2. The molecule has 0 bridgehead atoms. The minimum Gasteiger partial charge on any atom is -0.493 e. The monoisotopic (exact) mass is 397 g/mol. The predicted molar refractivity (Wildman–Crippen MR) is 108 cm³/mol. The summed E-state index contributed by atoms with van der Waals surface area (Å²) in [6, 6.07) is 9.65. The highest BCUT2D eigenvalue weighted by atomic mass is 16.7. The number of hydrogen-bond donors (Lipinski definition) is 1. The Morgan fingerprint density at radius 3 is 2.55 bits per heavy atom. The maximum Gasteiger partial charge on any atom is 0.231 e. The van der Waals surface area contributed by atoms with Crippen LogP contribution in [0, 0.1) is 0 Å². The number of hydrogen-bond acceptors (Lipinski definition) is 7. The first-order chi connectivity index (χ1) is 14.2. The molecule has 0 unspecified atom stereocenters. The number of nitrogens with one attached hydrogen (secondary N) is 1. The molecule has 152 valence electrons. The highest BCUT2D eigenvalue weighted by molar-refractivity contribution is 5.66. The zero-order valence-corrected chi connectivity index (χ0v) is 16.8. The standard InChI is InChI=1S/C21H23N3O5/c1-24-15(13-5-7-16-18(9-13)29-12-28-16)11-23-21(24)22-10-14-6-8-17(25-2)20(27-4)19(14)26-3/h5-9,11H,10,12H2,1-4H3,(H,22,23). The van der Waals surface area contributed by atoms with E-state index in [1.165, 1.54) is 0 Å². The molecule has 1 aromatic heterocycles. The van der Waals surface area contributed by atoms with Crippen LogP contribution in [-0.4, -0.2) is 37.7 Å². The van der Waals surface area contributed by atoms with Gasteiger partial charge in [-0.3, -0.25) is 0 Å². The lowest BCUT2D eigenvalue weighted by Crippen LogP contribution is -2.07. The van der Waals surface area contributed by atoms with Crippen molar-refractivity contribution in [3.8, 4) is 40.0 Å². The molecule has 0 atom stereocenters. The summed E-state index contributed by atoms with van der Waals surface area (Å²) in [5.74, 6) is 4.05. The van der Waals surface area contributed by atoms with Gasteiger partial charge in [-0.25, -0.2) is 4.98 Å². The van der Waals surface area contributed by atoms with Crippen molar-refractivity contribution in [2.24, 2.45) is 7.05 Å². The van der Waals surface area contributed by atoms with E-state index in [0.717, 1.165) is 34.3 Å². The fourth-order valence-electron chi connectivity index (χ4n) is 3.37. The summed E-state index contributed by atoms with van der Waals surface area (Å²) in [6.45, 7) is 0.763. The van der Waals surface area contributed by atoms with Crippen LogP contribution in [-0.2, 0) is 13.6 Å². The second-order valence-corrected chi connectivity index (χ2v) is 6.44. The third kappa shape index (κ3) is 3.37. The van der Waals surface area contributed by atoms with Crippen LogP contribution in [0.3, 0.4) is 0 Å². The van der Waals surface area contributed by atoms with Crippen molar-refractivity contribution in [2.75, 3.05) is 33.4 Å². The summed E-state index contributed by atoms with van der Waals surface area (Å²) in [5, 5.41) is 3.35. The molecular weight excluding hydrogens is 374 g/mol. The molecule has 0 saturated heterocycles. The minimum atomic E-state index is 0.254. The molecule has 3 aromatic rings. The van der Waals surface area contributed by atoms with E-state index in [2.05, 4.69) is 10.3 Å². The van der Waals surface area contributed by atoms with E-state index in [1.807, 2.05) is 48.1 Å². The van der Waals surface area contributed by atoms with Crippen LogP contribution >= 0.6 is 0 Å². The fourth-order valence-corrected chi connectivity index (χ4v) is 3.37. The molecular formula is C21H23N3O5. The van der Waals surface area contributed by atoms with E-state index in [0.29, 0.717) is 23.8 Å². The predicted octanol–water partition coefficient (Wildman–Crippen LogP) is 3.45. The van der Waals surface area contributed by atoms with Crippen LogP contribution in [0.1, 0.15) is 5.56 Å². The summed E-state index contributed by atoms with van der Waals surface area (Å²) in [7, 11) is 6.76. The average Bonchev–Trinajstić information content (AvgIpc) is 3.37. The SMILES string of the molecule is COc1ccc(CNc2ncc(-c3ccc4c(c3)OCO4)n2C)c(OC)c1OC. The van der Waals surface area contributed by atoms with Gasteiger partial charge in [0.05, 0.1) is 33.2 Å². The third-order valence-corrected chi connectivity index (χ3v) is 4.88. The van der Waals surface area contributed by atoms with Gasteiger partial charge in [0.25, 0.3) is 0 Å². The minimum absolute atomic E-state index is 0.254. The van der Waals surface area contributed by atoms with Crippen molar-refractivity contribution in [3.05, 3.63) is 42.1 Å². The number of fused-ring (bicyclic) bond motifs is 1. The fraction of sp³-hybridized carbons (Fsp3) is 0.286. The highest BCUT2D eigenvalue weighted by Gasteiger charge is 2.18. The molecule has 2 aromatic carbocycles. The largest absolute Gasteiger partial charge is 0.493 e. The van der Waals surface area contributed by atoms with Gasteiger partial charge >= 0.3 is 0 Å². The van der Waals surface area contributed by atoms with E-state index < -0.39 is 0 Å². The highest BCUT2D eigenvalue weighted by Crippen LogP contribution is 2.40. The van der Waals surface area contributed by atoms with E-state index in [9.17, 15) is 0 Å². The summed E-state index contributed by atoms with van der Waals surface area (Å²) in [5.41, 5.74) is 2.89. The van der Waals surface area contributed by atoms with Crippen molar-refractivity contribution in [1.82, 2.24) is 9.55 Å². The molecule has 0 radical (unpaired) electrons. The molecule has 1 N–H and O–H groups in total.